The molecule has 1 saturated heterocycles. The van der Waals surface area contributed by atoms with Crippen LogP contribution in [0.4, 0.5) is 4.79 Å². The molecule has 47 heavy (non-hydrogen) atoms. The maximum absolute atomic E-state index is 14.1. The van der Waals surface area contributed by atoms with Crippen LogP contribution in [0.25, 0.3) is 11.1 Å². The molecule has 1 aliphatic carbocycles. The van der Waals surface area contributed by atoms with Gasteiger partial charge in [-0.3, -0.25) is 4.79 Å². The average Bonchev–Trinajstić information content (AvgIpc) is 3.44. The molecule has 0 aromatic heterocycles. The van der Waals surface area contributed by atoms with Crippen LogP contribution in [0.2, 0.25) is 5.02 Å². The van der Waals surface area contributed by atoms with Crippen LogP contribution in [0.15, 0.2) is 133 Å². The minimum atomic E-state index is -1.29. The first kappa shape index (κ1) is 30.8. The van der Waals surface area contributed by atoms with E-state index in [1.165, 1.54) is 11.1 Å². The number of carbonyl (C=O) groups excluding carboxylic acids is 2. The van der Waals surface area contributed by atoms with Crippen molar-refractivity contribution in [3.05, 3.63) is 166 Å². The van der Waals surface area contributed by atoms with Crippen LogP contribution in [0.3, 0.4) is 0 Å². The highest BCUT2D eigenvalue weighted by atomic mass is 35.5. The maximum atomic E-state index is 14.1. The second-order valence-electron chi connectivity index (χ2n) is 12.2. The van der Waals surface area contributed by atoms with Gasteiger partial charge in [0, 0.05) is 40.2 Å². The number of fused-ring (bicyclic) bond motifs is 3. The summed E-state index contributed by atoms with van der Waals surface area (Å²) in [5.41, 5.74) is 5.64. The number of esters is 1. The molecule has 0 bridgehead atoms. The van der Waals surface area contributed by atoms with Crippen molar-refractivity contribution in [1.29, 1.82) is 0 Å². The molecule has 1 amide bonds. The summed E-state index contributed by atoms with van der Waals surface area (Å²) in [5, 5.41) is 0.492. The van der Waals surface area contributed by atoms with Gasteiger partial charge in [0.25, 0.3) is 0 Å². The summed E-state index contributed by atoms with van der Waals surface area (Å²) in [5.74, 6) is -0.450. The van der Waals surface area contributed by atoms with Gasteiger partial charge in [-0.25, -0.2) is 4.79 Å². The number of ether oxygens (including phenoxy) is 2. The van der Waals surface area contributed by atoms with E-state index in [2.05, 4.69) is 24.3 Å². The smallest absolute Gasteiger partial charge is 0.410 e. The summed E-state index contributed by atoms with van der Waals surface area (Å²) in [6.07, 6.45) is 2.10. The molecule has 0 saturated carbocycles. The Balaban J connectivity index is 1.13. The van der Waals surface area contributed by atoms with Gasteiger partial charge >= 0.3 is 12.1 Å². The van der Waals surface area contributed by atoms with Gasteiger partial charge in [-0.05, 0) is 47.6 Å². The van der Waals surface area contributed by atoms with E-state index in [0.29, 0.717) is 23.6 Å². The molecule has 7 rings (SSSR count). The zero-order valence-electron chi connectivity index (χ0n) is 26.1. The van der Waals surface area contributed by atoms with Gasteiger partial charge in [0.1, 0.15) is 6.61 Å². The molecule has 0 radical (unpaired) electrons. The minimum absolute atomic E-state index is 0.0347. The van der Waals surface area contributed by atoms with Gasteiger partial charge < -0.3 is 14.4 Å². The highest BCUT2D eigenvalue weighted by Gasteiger charge is 2.43. The third-order valence-electron chi connectivity index (χ3n) is 9.48. The van der Waals surface area contributed by atoms with E-state index in [9.17, 15) is 9.59 Å². The quantitative estimate of drug-likeness (QED) is 0.125. The molecule has 2 aliphatic rings. The summed E-state index contributed by atoms with van der Waals surface area (Å²) in [6, 6.07) is 43.1. The van der Waals surface area contributed by atoms with Crippen LogP contribution in [0, 0.1) is 0 Å². The van der Waals surface area contributed by atoms with Crippen LogP contribution in [-0.4, -0.2) is 36.2 Å². The van der Waals surface area contributed by atoms with Gasteiger partial charge in [0.05, 0.1) is 6.42 Å². The minimum Gasteiger partial charge on any atom is -0.448 e. The normalized spacial score (nSPS) is 15.9. The number of hydrogen-bond acceptors (Lipinski definition) is 4. The first-order valence-corrected chi connectivity index (χ1v) is 16.6. The third kappa shape index (κ3) is 5.92. The number of rotatable bonds is 8. The Hall–Kier alpha value is -4.87. The summed E-state index contributed by atoms with van der Waals surface area (Å²) in [6.45, 7) is 0.764. The predicted octanol–water partition coefficient (Wildman–Crippen LogP) is 9.37. The van der Waals surface area contributed by atoms with Crippen molar-refractivity contribution >= 4 is 23.7 Å². The fourth-order valence-corrected chi connectivity index (χ4v) is 7.55. The molecule has 0 spiro atoms. The Morgan fingerprint density at radius 2 is 1.26 bits per heavy atom. The van der Waals surface area contributed by atoms with E-state index in [1.54, 1.807) is 4.90 Å². The lowest BCUT2D eigenvalue weighted by atomic mass is 9.80. The highest BCUT2D eigenvalue weighted by molar-refractivity contribution is 6.31. The lowest BCUT2D eigenvalue weighted by molar-refractivity contribution is -0.155. The van der Waals surface area contributed by atoms with Crippen molar-refractivity contribution in [3.8, 4) is 11.1 Å². The van der Waals surface area contributed by atoms with Gasteiger partial charge in [0.2, 0.25) is 0 Å². The average molecular weight is 642 g/mol. The molecule has 6 heteroatoms. The lowest BCUT2D eigenvalue weighted by Gasteiger charge is -2.38. The molecule has 1 fully saturated rings. The summed E-state index contributed by atoms with van der Waals surface area (Å²) >= 11 is 6.84. The fraction of sp³-hybridized carbons (Fsp3) is 0.220. The van der Waals surface area contributed by atoms with Gasteiger partial charge in [-0.1, -0.05) is 139 Å². The number of likely N-dealkylation sites (tertiary alicyclic amines) is 1. The molecule has 5 nitrogen and oxygen atoms in total. The second kappa shape index (κ2) is 13.5. The molecule has 5 aromatic carbocycles. The van der Waals surface area contributed by atoms with Crippen LogP contribution in [0.5, 0.6) is 0 Å². The van der Waals surface area contributed by atoms with Crippen molar-refractivity contribution in [2.75, 3.05) is 13.2 Å². The molecule has 1 heterocycles. The number of amides is 1. The Bertz CT molecular complexity index is 1790. The zero-order chi connectivity index (χ0) is 32.2. The van der Waals surface area contributed by atoms with Crippen LogP contribution in [-0.2, 0) is 19.9 Å². The fourth-order valence-electron chi connectivity index (χ4n) is 7.28. The van der Waals surface area contributed by atoms with Gasteiger partial charge in [-0.2, -0.15) is 0 Å². The van der Waals surface area contributed by atoms with E-state index in [4.69, 9.17) is 21.1 Å². The molecule has 0 N–H and O–H groups in total. The number of carbonyl (C=O) groups is 2. The number of nitrogens with zero attached hydrogens (tertiary/aromatic N) is 1. The van der Waals surface area contributed by atoms with E-state index in [1.807, 2.05) is 109 Å². The summed E-state index contributed by atoms with van der Waals surface area (Å²) in [4.78, 5) is 29.5. The Morgan fingerprint density at radius 1 is 0.702 bits per heavy atom. The molecule has 1 aliphatic heterocycles. The monoisotopic (exact) mass is 641 g/mol. The zero-order valence-corrected chi connectivity index (χ0v) is 26.8. The van der Waals surface area contributed by atoms with E-state index < -0.39 is 17.7 Å². The van der Waals surface area contributed by atoms with E-state index in [-0.39, 0.29) is 25.0 Å². The molecule has 1 atom stereocenters. The van der Waals surface area contributed by atoms with E-state index >= 15 is 0 Å². The Kier molecular flexibility index (Phi) is 8.82. The van der Waals surface area contributed by atoms with Crippen LogP contribution >= 0.6 is 11.6 Å². The summed E-state index contributed by atoms with van der Waals surface area (Å²) < 4.78 is 12.7. The molecular formula is C41H36ClNO4. The SMILES string of the molecule is O=C(C[C@H]1CCCCN1C(=O)OCC1c2ccccc2-c2ccccc21)OC(c1ccccc1)(c1ccccc1)c1ccccc1Cl. The maximum Gasteiger partial charge on any atom is 0.410 e. The molecule has 0 unspecified atom stereocenters. The van der Waals surface area contributed by atoms with Gasteiger partial charge in [0.15, 0.2) is 5.60 Å². The number of benzene rings is 5. The second-order valence-corrected chi connectivity index (χ2v) is 12.6. The number of halogens is 1. The van der Waals surface area contributed by atoms with Crippen molar-refractivity contribution < 1.29 is 19.1 Å². The van der Waals surface area contributed by atoms with Crippen molar-refractivity contribution in [1.82, 2.24) is 4.90 Å². The number of piperidine rings is 1. The first-order chi connectivity index (χ1) is 23.1. The predicted molar refractivity (Wildman–Crippen MR) is 184 cm³/mol. The lowest BCUT2D eigenvalue weighted by Crippen LogP contribution is -2.46. The van der Waals surface area contributed by atoms with Crippen LogP contribution < -0.4 is 0 Å². The Labute approximate surface area is 280 Å². The number of hydrogen-bond donors (Lipinski definition) is 0. The Morgan fingerprint density at radius 3 is 1.87 bits per heavy atom. The highest BCUT2D eigenvalue weighted by Crippen LogP contribution is 2.45. The molecule has 5 aromatic rings. The van der Waals surface area contributed by atoms with Crippen molar-refractivity contribution in [2.24, 2.45) is 0 Å². The van der Waals surface area contributed by atoms with E-state index in [0.717, 1.165) is 35.1 Å². The standard InChI is InChI=1S/C41H36ClNO4/c42-38-25-12-11-24-37(38)41(29-15-3-1-4-16-29,30-17-5-2-6-18-30)47-39(44)27-31-19-13-14-26-43(31)40(45)46-28-36-34-22-9-7-20-32(34)33-21-8-10-23-35(33)36/h1-12,15-18,20-25,31,36H,13-14,19,26-28H2/t31-/m1/s1. The first-order valence-electron chi connectivity index (χ1n) is 16.3. The largest absolute Gasteiger partial charge is 0.448 e. The summed E-state index contributed by atoms with van der Waals surface area (Å²) in [7, 11) is 0. The third-order valence-corrected chi connectivity index (χ3v) is 9.81. The van der Waals surface area contributed by atoms with Crippen LogP contribution in [0.1, 0.15) is 59.4 Å². The van der Waals surface area contributed by atoms with Crippen molar-refractivity contribution in [3.63, 3.8) is 0 Å². The van der Waals surface area contributed by atoms with Crippen molar-refractivity contribution in [2.45, 2.75) is 43.2 Å². The van der Waals surface area contributed by atoms with Gasteiger partial charge in [-0.15, -0.1) is 0 Å². The topological polar surface area (TPSA) is 55.8 Å². The molecular weight excluding hydrogens is 606 g/mol. The molecule has 236 valence electrons.